The Kier molecular flexibility index (Phi) is 7.05. The number of hydrogen-bond donors (Lipinski definition) is 0. The summed E-state index contributed by atoms with van der Waals surface area (Å²) in [7, 11) is 0. The normalized spacial score (nSPS) is 16.0. The first-order chi connectivity index (χ1) is 13.9. The second kappa shape index (κ2) is 9.52. The molecule has 0 aliphatic heterocycles. The second-order valence-electron chi connectivity index (χ2n) is 7.56. The highest BCUT2D eigenvalue weighted by molar-refractivity contribution is 7.20. The highest BCUT2D eigenvalue weighted by Crippen LogP contribution is 2.29. The van der Waals surface area contributed by atoms with E-state index in [0.29, 0.717) is 27.3 Å². The van der Waals surface area contributed by atoms with Crippen LogP contribution in [0.15, 0.2) is 11.1 Å². The number of hydrogen-bond acceptors (Lipinski definition) is 7. The fraction of sp³-hybridized carbons (Fsp3) is 0.619. The monoisotopic (exact) mass is 420 g/mol. The van der Waals surface area contributed by atoms with Gasteiger partial charge in [-0.05, 0) is 51.5 Å². The van der Waals surface area contributed by atoms with Crippen molar-refractivity contribution in [2.75, 3.05) is 6.61 Å². The van der Waals surface area contributed by atoms with Crippen molar-refractivity contribution in [1.82, 2.24) is 9.55 Å². The molecule has 7 nitrogen and oxygen atoms in total. The van der Waals surface area contributed by atoms with E-state index in [2.05, 4.69) is 4.98 Å². The van der Waals surface area contributed by atoms with Crippen LogP contribution in [0, 0.1) is 6.92 Å². The SMILES string of the molecule is CCCCOC(=O)C(C)n1cnc2sc(C(=O)OC3CCCCC3)c(C)c2c1=O. The molecule has 29 heavy (non-hydrogen) atoms. The van der Waals surface area contributed by atoms with Crippen molar-refractivity contribution in [2.45, 2.75) is 77.9 Å². The predicted octanol–water partition coefficient (Wildman–Crippen LogP) is 4.16. The van der Waals surface area contributed by atoms with E-state index in [0.717, 1.165) is 38.5 Å². The Balaban J connectivity index is 1.84. The highest BCUT2D eigenvalue weighted by atomic mass is 32.1. The minimum absolute atomic E-state index is 0.0524. The molecule has 0 aromatic carbocycles. The molecule has 2 aromatic rings. The lowest BCUT2D eigenvalue weighted by atomic mass is 9.98. The van der Waals surface area contributed by atoms with Gasteiger partial charge in [-0.2, -0.15) is 0 Å². The smallest absolute Gasteiger partial charge is 0.348 e. The van der Waals surface area contributed by atoms with Gasteiger partial charge in [-0.3, -0.25) is 9.36 Å². The highest BCUT2D eigenvalue weighted by Gasteiger charge is 2.26. The average molecular weight is 421 g/mol. The fourth-order valence-corrected chi connectivity index (χ4v) is 4.57. The Hall–Kier alpha value is -2.22. The van der Waals surface area contributed by atoms with Crippen LogP contribution < -0.4 is 5.56 Å². The Bertz CT molecular complexity index is 942. The first kappa shape index (κ1) is 21.5. The van der Waals surface area contributed by atoms with Gasteiger partial charge in [-0.1, -0.05) is 19.8 Å². The van der Waals surface area contributed by atoms with Crippen LogP contribution in [0.2, 0.25) is 0 Å². The Morgan fingerprint density at radius 2 is 2.03 bits per heavy atom. The number of esters is 2. The van der Waals surface area contributed by atoms with Crippen LogP contribution >= 0.6 is 11.3 Å². The Labute approximate surface area is 174 Å². The summed E-state index contributed by atoms with van der Waals surface area (Å²) >= 11 is 1.17. The summed E-state index contributed by atoms with van der Waals surface area (Å²) in [6, 6.07) is -0.784. The molecule has 0 saturated heterocycles. The number of aromatic nitrogens is 2. The van der Waals surface area contributed by atoms with Crippen LogP contribution in [0.5, 0.6) is 0 Å². The molecule has 0 N–H and O–H groups in total. The zero-order valence-electron chi connectivity index (χ0n) is 17.2. The van der Waals surface area contributed by atoms with Gasteiger partial charge in [0.25, 0.3) is 5.56 Å². The molecule has 1 saturated carbocycles. The number of carbonyl (C=O) groups is 2. The van der Waals surface area contributed by atoms with Crippen molar-refractivity contribution in [2.24, 2.45) is 0 Å². The zero-order valence-corrected chi connectivity index (χ0v) is 18.0. The summed E-state index contributed by atoms with van der Waals surface area (Å²) in [6.07, 6.45) is 8.09. The third-order valence-electron chi connectivity index (χ3n) is 5.39. The van der Waals surface area contributed by atoms with Crippen molar-refractivity contribution in [3.63, 3.8) is 0 Å². The predicted molar refractivity (Wildman–Crippen MR) is 111 cm³/mol. The topological polar surface area (TPSA) is 87.5 Å². The van der Waals surface area contributed by atoms with Gasteiger partial charge in [0, 0.05) is 0 Å². The summed E-state index contributed by atoms with van der Waals surface area (Å²) in [6.45, 7) is 5.69. The summed E-state index contributed by atoms with van der Waals surface area (Å²) in [5.41, 5.74) is 0.213. The minimum Gasteiger partial charge on any atom is -0.464 e. The molecule has 1 atom stereocenters. The average Bonchev–Trinajstić information content (AvgIpc) is 3.06. The quantitative estimate of drug-likeness (QED) is 0.494. The van der Waals surface area contributed by atoms with Crippen LogP contribution in [0.3, 0.4) is 0 Å². The summed E-state index contributed by atoms with van der Waals surface area (Å²) in [5.74, 6) is -0.859. The van der Waals surface area contributed by atoms with Gasteiger partial charge in [0.15, 0.2) is 0 Å². The van der Waals surface area contributed by atoms with Gasteiger partial charge in [-0.25, -0.2) is 14.6 Å². The molecule has 1 aliphatic carbocycles. The minimum atomic E-state index is -0.784. The molecule has 0 radical (unpaired) electrons. The number of aryl methyl sites for hydroxylation is 1. The number of carbonyl (C=O) groups excluding carboxylic acids is 2. The van der Waals surface area contributed by atoms with Crippen LogP contribution in [0.4, 0.5) is 0 Å². The molecule has 1 fully saturated rings. The summed E-state index contributed by atoms with van der Waals surface area (Å²) in [5, 5.41) is 0.362. The van der Waals surface area contributed by atoms with Crippen LogP contribution in [-0.2, 0) is 14.3 Å². The number of fused-ring (bicyclic) bond motifs is 1. The van der Waals surface area contributed by atoms with Gasteiger partial charge >= 0.3 is 11.9 Å². The lowest BCUT2D eigenvalue weighted by molar-refractivity contribution is -0.147. The second-order valence-corrected chi connectivity index (χ2v) is 8.55. The molecule has 8 heteroatoms. The number of rotatable bonds is 7. The third kappa shape index (κ3) is 4.69. The molecule has 2 aromatic heterocycles. The van der Waals surface area contributed by atoms with Crippen molar-refractivity contribution >= 4 is 33.5 Å². The van der Waals surface area contributed by atoms with Crippen LogP contribution in [0.1, 0.15) is 80.1 Å². The van der Waals surface area contributed by atoms with Gasteiger partial charge < -0.3 is 9.47 Å². The zero-order chi connectivity index (χ0) is 21.0. The number of thiophene rings is 1. The first-order valence-corrected chi connectivity index (χ1v) is 11.1. The number of nitrogens with zero attached hydrogens (tertiary/aromatic N) is 2. The lowest BCUT2D eigenvalue weighted by Crippen LogP contribution is -2.29. The van der Waals surface area contributed by atoms with Crippen molar-refractivity contribution in [1.29, 1.82) is 0 Å². The molecule has 0 amide bonds. The maximum absolute atomic E-state index is 13.0. The largest absolute Gasteiger partial charge is 0.464 e. The van der Waals surface area contributed by atoms with E-state index in [9.17, 15) is 14.4 Å². The van der Waals surface area contributed by atoms with Crippen molar-refractivity contribution in [3.8, 4) is 0 Å². The van der Waals surface area contributed by atoms with E-state index in [1.807, 2.05) is 6.92 Å². The standard InChI is InChI=1S/C21H28N2O5S/c1-4-5-11-27-20(25)14(3)23-12-22-18-16(19(23)24)13(2)17(29-18)21(26)28-15-9-7-6-8-10-15/h12,14-15H,4-11H2,1-3H3. The number of ether oxygens (including phenoxy) is 2. The van der Waals surface area contributed by atoms with Crippen molar-refractivity contribution < 1.29 is 19.1 Å². The lowest BCUT2D eigenvalue weighted by Gasteiger charge is -2.21. The van der Waals surface area contributed by atoms with Gasteiger partial charge in [0.05, 0.1) is 18.3 Å². The van der Waals surface area contributed by atoms with E-state index >= 15 is 0 Å². The molecule has 0 spiro atoms. The molecular weight excluding hydrogens is 392 g/mol. The van der Waals surface area contributed by atoms with Gasteiger partial charge in [-0.15, -0.1) is 11.3 Å². The van der Waals surface area contributed by atoms with E-state index in [-0.39, 0.29) is 11.7 Å². The molecule has 2 heterocycles. The van der Waals surface area contributed by atoms with Crippen LogP contribution in [-0.4, -0.2) is 34.2 Å². The Morgan fingerprint density at radius 3 is 2.72 bits per heavy atom. The van der Waals surface area contributed by atoms with E-state index in [4.69, 9.17) is 9.47 Å². The Morgan fingerprint density at radius 1 is 1.31 bits per heavy atom. The summed E-state index contributed by atoms with van der Waals surface area (Å²) < 4.78 is 12.2. The fourth-order valence-electron chi connectivity index (χ4n) is 3.55. The van der Waals surface area contributed by atoms with Gasteiger partial charge in [0.1, 0.15) is 21.9 Å². The van der Waals surface area contributed by atoms with Gasteiger partial charge in [0.2, 0.25) is 0 Å². The molecule has 1 unspecified atom stereocenters. The van der Waals surface area contributed by atoms with Crippen LogP contribution in [0.25, 0.3) is 10.2 Å². The van der Waals surface area contributed by atoms with E-state index < -0.39 is 18.0 Å². The summed E-state index contributed by atoms with van der Waals surface area (Å²) in [4.78, 5) is 43.1. The van der Waals surface area contributed by atoms with E-state index in [1.54, 1.807) is 13.8 Å². The molecule has 0 bridgehead atoms. The maximum atomic E-state index is 13.0. The third-order valence-corrected chi connectivity index (χ3v) is 6.57. The number of unbranched alkanes of at least 4 members (excludes halogenated alkanes) is 1. The molecule has 1 aliphatic rings. The molecular formula is C21H28N2O5S. The van der Waals surface area contributed by atoms with Crippen molar-refractivity contribution in [3.05, 3.63) is 27.1 Å². The maximum Gasteiger partial charge on any atom is 0.348 e. The first-order valence-electron chi connectivity index (χ1n) is 10.3. The van der Waals surface area contributed by atoms with E-state index in [1.165, 1.54) is 28.7 Å². The molecule has 158 valence electrons. The molecule has 3 rings (SSSR count).